The van der Waals surface area contributed by atoms with E-state index in [1.807, 2.05) is 37.3 Å². The van der Waals surface area contributed by atoms with E-state index in [0.29, 0.717) is 22.2 Å². The van der Waals surface area contributed by atoms with E-state index in [4.69, 9.17) is 4.98 Å². The molecule has 27 heavy (non-hydrogen) atoms. The molecule has 0 aliphatic carbocycles. The molecule has 0 saturated carbocycles. The molecule has 2 heterocycles. The minimum Gasteiger partial charge on any atom is -0.279 e. The fraction of sp³-hybridized carbons (Fsp3) is 0.200. The highest BCUT2D eigenvalue weighted by atomic mass is 32.1. The molecule has 0 radical (unpaired) electrons. The van der Waals surface area contributed by atoms with Gasteiger partial charge in [0.1, 0.15) is 4.88 Å². The molecule has 2 aromatic heterocycles. The predicted octanol–water partition coefficient (Wildman–Crippen LogP) is 4.92. The summed E-state index contributed by atoms with van der Waals surface area (Å²) in [5, 5.41) is 4.69. The number of thiazole rings is 1. The molecule has 136 valence electrons. The van der Waals surface area contributed by atoms with Gasteiger partial charge in [0.2, 0.25) is 0 Å². The van der Waals surface area contributed by atoms with Gasteiger partial charge in [0.25, 0.3) is 5.91 Å². The second-order valence-electron chi connectivity index (χ2n) is 6.49. The van der Waals surface area contributed by atoms with Crippen LogP contribution in [-0.4, -0.2) is 20.5 Å². The van der Waals surface area contributed by atoms with Crippen LogP contribution in [0.4, 0.5) is 5.13 Å². The van der Waals surface area contributed by atoms with Gasteiger partial charge in [-0.3, -0.25) is 9.69 Å². The van der Waals surface area contributed by atoms with E-state index in [9.17, 15) is 4.79 Å². The van der Waals surface area contributed by atoms with E-state index in [0.717, 1.165) is 32.9 Å². The third kappa shape index (κ3) is 3.48. The summed E-state index contributed by atoms with van der Waals surface area (Å²) in [5.74, 6) is -0.111. The third-order valence-electron chi connectivity index (χ3n) is 4.32. The second kappa shape index (κ2) is 7.17. The number of aryl methyl sites for hydroxylation is 3. The molecule has 5 nitrogen and oxygen atoms in total. The lowest BCUT2D eigenvalue weighted by atomic mass is 10.1. The maximum absolute atomic E-state index is 13.3. The number of nitrogens with zero attached hydrogens (tertiary/aromatic N) is 4. The van der Waals surface area contributed by atoms with Gasteiger partial charge in [-0.15, -0.1) is 5.10 Å². The quantitative estimate of drug-likeness (QED) is 0.493. The number of amides is 1. The maximum atomic E-state index is 13.3. The lowest BCUT2D eigenvalue weighted by Gasteiger charge is -2.19. The molecule has 4 aromatic rings. The molecule has 0 aliphatic rings. The summed E-state index contributed by atoms with van der Waals surface area (Å²) in [5.41, 5.74) is 4.96. The van der Waals surface area contributed by atoms with Crippen LogP contribution in [0.1, 0.15) is 32.1 Å². The highest BCUT2D eigenvalue weighted by molar-refractivity contribution is 7.22. The third-order valence-corrected chi connectivity index (χ3v) is 6.17. The predicted molar refractivity (Wildman–Crippen MR) is 111 cm³/mol. The van der Waals surface area contributed by atoms with E-state index in [2.05, 4.69) is 35.6 Å². The van der Waals surface area contributed by atoms with E-state index in [1.165, 1.54) is 5.56 Å². The van der Waals surface area contributed by atoms with Crippen LogP contribution in [0.25, 0.3) is 10.2 Å². The Kier molecular flexibility index (Phi) is 4.72. The van der Waals surface area contributed by atoms with E-state index in [1.54, 1.807) is 16.2 Å². The number of benzene rings is 2. The first kappa shape index (κ1) is 17.8. The van der Waals surface area contributed by atoms with Gasteiger partial charge < -0.3 is 0 Å². The SMILES string of the molecule is Cc1cc(C)c2nc(N(Cc3ccccc3)C(=O)c3snnc3C)sc2c1. The van der Waals surface area contributed by atoms with E-state index in [-0.39, 0.29) is 5.91 Å². The average molecular weight is 395 g/mol. The summed E-state index contributed by atoms with van der Waals surface area (Å²) in [6, 6.07) is 14.2. The first-order chi connectivity index (χ1) is 13.0. The van der Waals surface area contributed by atoms with Gasteiger partial charge in [-0.25, -0.2) is 4.98 Å². The Hall–Kier alpha value is -2.64. The minimum absolute atomic E-state index is 0.111. The lowest BCUT2D eigenvalue weighted by molar-refractivity contribution is 0.0988. The van der Waals surface area contributed by atoms with Gasteiger partial charge in [-0.1, -0.05) is 52.2 Å². The van der Waals surface area contributed by atoms with Crippen molar-refractivity contribution in [2.75, 3.05) is 4.90 Å². The topological polar surface area (TPSA) is 59.0 Å². The molecule has 4 rings (SSSR count). The number of hydrogen-bond donors (Lipinski definition) is 0. The minimum atomic E-state index is -0.111. The number of carbonyl (C=O) groups excluding carboxylic acids is 1. The molecule has 0 fully saturated rings. The first-order valence-electron chi connectivity index (χ1n) is 8.55. The summed E-state index contributed by atoms with van der Waals surface area (Å²) in [7, 11) is 0. The van der Waals surface area contributed by atoms with Crippen LogP contribution in [0.5, 0.6) is 0 Å². The molecule has 0 aliphatic heterocycles. The zero-order valence-electron chi connectivity index (χ0n) is 15.3. The number of hydrogen-bond acceptors (Lipinski definition) is 6. The maximum Gasteiger partial charge on any atom is 0.274 e. The molecule has 0 N–H and O–H groups in total. The molecule has 0 spiro atoms. The number of carbonyl (C=O) groups is 1. The molecule has 0 saturated heterocycles. The monoisotopic (exact) mass is 394 g/mol. The van der Waals surface area contributed by atoms with Crippen LogP contribution in [0, 0.1) is 20.8 Å². The fourth-order valence-corrected chi connectivity index (χ4v) is 4.76. The zero-order chi connectivity index (χ0) is 19.0. The van der Waals surface area contributed by atoms with Crippen molar-refractivity contribution in [1.29, 1.82) is 0 Å². The lowest BCUT2D eigenvalue weighted by Crippen LogP contribution is -2.30. The molecule has 1 amide bonds. The summed E-state index contributed by atoms with van der Waals surface area (Å²) in [4.78, 5) is 20.4. The molecular formula is C20H18N4OS2. The number of anilines is 1. The van der Waals surface area contributed by atoms with Gasteiger partial charge in [0, 0.05) is 0 Å². The van der Waals surface area contributed by atoms with Gasteiger partial charge in [-0.2, -0.15) is 0 Å². The highest BCUT2D eigenvalue weighted by Crippen LogP contribution is 2.33. The highest BCUT2D eigenvalue weighted by Gasteiger charge is 2.25. The zero-order valence-corrected chi connectivity index (χ0v) is 16.9. The number of fused-ring (bicyclic) bond motifs is 1. The van der Waals surface area contributed by atoms with Crippen molar-refractivity contribution in [3.8, 4) is 0 Å². The van der Waals surface area contributed by atoms with Gasteiger partial charge in [0.15, 0.2) is 5.13 Å². The Morgan fingerprint density at radius 3 is 2.59 bits per heavy atom. The Morgan fingerprint density at radius 1 is 1.11 bits per heavy atom. The standard InChI is InChI=1S/C20H18N4OS2/c1-12-9-13(2)17-16(10-12)26-20(21-17)24(11-15-7-5-4-6-8-15)19(25)18-14(3)22-23-27-18/h4-10H,11H2,1-3H3. The molecule has 0 unspecified atom stereocenters. The van der Waals surface area contributed by atoms with Crippen molar-refractivity contribution in [3.05, 3.63) is 69.7 Å². The van der Waals surface area contributed by atoms with Crippen molar-refractivity contribution in [1.82, 2.24) is 14.6 Å². The Morgan fingerprint density at radius 2 is 1.89 bits per heavy atom. The van der Waals surface area contributed by atoms with Crippen LogP contribution in [0.2, 0.25) is 0 Å². The van der Waals surface area contributed by atoms with Crippen molar-refractivity contribution in [2.24, 2.45) is 0 Å². The molecular weight excluding hydrogens is 376 g/mol. The molecule has 0 bridgehead atoms. The molecule has 7 heteroatoms. The second-order valence-corrected chi connectivity index (χ2v) is 8.25. The smallest absolute Gasteiger partial charge is 0.274 e. The van der Waals surface area contributed by atoms with Gasteiger partial charge >= 0.3 is 0 Å². The van der Waals surface area contributed by atoms with Gasteiger partial charge in [-0.05, 0) is 55.1 Å². The Labute approximate surface area is 165 Å². The largest absolute Gasteiger partial charge is 0.279 e. The van der Waals surface area contributed by atoms with Crippen molar-refractivity contribution in [2.45, 2.75) is 27.3 Å². The van der Waals surface area contributed by atoms with Crippen LogP contribution < -0.4 is 4.90 Å². The number of aromatic nitrogens is 3. The summed E-state index contributed by atoms with van der Waals surface area (Å²) < 4.78 is 5.01. The van der Waals surface area contributed by atoms with Crippen LogP contribution in [0.15, 0.2) is 42.5 Å². The van der Waals surface area contributed by atoms with Crippen LogP contribution >= 0.6 is 22.9 Å². The molecule has 0 atom stereocenters. The van der Waals surface area contributed by atoms with Crippen molar-refractivity contribution < 1.29 is 4.79 Å². The summed E-state index contributed by atoms with van der Waals surface area (Å²) >= 11 is 2.67. The van der Waals surface area contributed by atoms with Crippen LogP contribution in [0.3, 0.4) is 0 Å². The normalized spacial score (nSPS) is 11.1. The van der Waals surface area contributed by atoms with Crippen molar-refractivity contribution >= 4 is 44.1 Å². The Balaban J connectivity index is 1.81. The molecule has 2 aromatic carbocycles. The summed E-state index contributed by atoms with van der Waals surface area (Å²) in [6.45, 7) is 6.39. The van der Waals surface area contributed by atoms with Crippen molar-refractivity contribution in [3.63, 3.8) is 0 Å². The Bertz CT molecular complexity index is 1120. The van der Waals surface area contributed by atoms with E-state index < -0.39 is 0 Å². The summed E-state index contributed by atoms with van der Waals surface area (Å²) in [6.07, 6.45) is 0. The number of rotatable bonds is 4. The average Bonchev–Trinajstić information content (AvgIpc) is 3.26. The van der Waals surface area contributed by atoms with Gasteiger partial charge in [0.05, 0.1) is 22.5 Å². The van der Waals surface area contributed by atoms with Crippen LogP contribution in [-0.2, 0) is 6.54 Å². The van der Waals surface area contributed by atoms with E-state index >= 15 is 0 Å². The first-order valence-corrected chi connectivity index (χ1v) is 10.1. The fourth-order valence-electron chi connectivity index (χ4n) is 3.02.